The molecule has 0 spiro atoms. The quantitative estimate of drug-likeness (QED) is 0.659. The van der Waals surface area contributed by atoms with Crippen LogP contribution in [-0.4, -0.2) is 35.3 Å². The summed E-state index contributed by atoms with van der Waals surface area (Å²) in [5.41, 5.74) is 10.8. The molecule has 4 N–H and O–H groups in total. The van der Waals surface area contributed by atoms with Crippen LogP contribution in [0.25, 0.3) is 0 Å². The van der Waals surface area contributed by atoms with Gasteiger partial charge in [0.2, 0.25) is 11.8 Å². The lowest BCUT2D eigenvalue weighted by Gasteiger charge is -2.29. The van der Waals surface area contributed by atoms with Crippen LogP contribution >= 0.6 is 0 Å². The van der Waals surface area contributed by atoms with Crippen molar-refractivity contribution in [2.24, 2.45) is 17.4 Å². The third-order valence-electron chi connectivity index (χ3n) is 2.24. The first kappa shape index (κ1) is 13.9. The highest BCUT2D eigenvalue weighted by Crippen LogP contribution is 2.06. The van der Waals surface area contributed by atoms with Gasteiger partial charge in [0.05, 0.1) is 12.6 Å². The van der Waals surface area contributed by atoms with Crippen LogP contribution in [0.2, 0.25) is 0 Å². The van der Waals surface area contributed by atoms with Gasteiger partial charge in [0.25, 0.3) is 0 Å². The molecule has 2 amide bonds. The Labute approximate surface area is 90.8 Å². The minimum atomic E-state index is -0.577. The normalized spacial score (nSPS) is 13.0. The zero-order valence-corrected chi connectivity index (χ0v) is 9.86. The van der Waals surface area contributed by atoms with Gasteiger partial charge in [-0.15, -0.1) is 0 Å². The molecular weight excluding hydrogens is 194 g/mol. The van der Waals surface area contributed by atoms with E-state index in [1.165, 1.54) is 4.90 Å². The number of carbonyl (C=O) groups excluding carboxylic acids is 2. The van der Waals surface area contributed by atoms with Gasteiger partial charge in [0, 0.05) is 6.04 Å². The summed E-state index contributed by atoms with van der Waals surface area (Å²) in [6, 6.07) is -0.651. The number of hydrogen-bond donors (Lipinski definition) is 2. The maximum absolute atomic E-state index is 11.9. The van der Waals surface area contributed by atoms with Crippen LogP contribution in [0.3, 0.4) is 0 Å². The molecule has 0 radical (unpaired) electrons. The molecule has 0 unspecified atom stereocenters. The first-order valence-electron chi connectivity index (χ1n) is 5.11. The van der Waals surface area contributed by atoms with Crippen molar-refractivity contribution in [2.75, 3.05) is 6.54 Å². The van der Waals surface area contributed by atoms with E-state index in [0.717, 1.165) is 0 Å². The first-order chi connectivity index (χ1) is 6.77. The van der Waals surface area contributed by atoms with Crippen molar-refractivity contribution >= 4 is 11.8 Å². The van der Waals surface area contributed by atoms with Gasteiger partial charge in [0.15, 0.2) is 0 Å². The molecule has 5 heteroatoms. The minimum absolute atomic E-state index is 0.0478. The number of nitrogens with zero attached hydrogens (tertiary/aromatic N) is 1. The number of hydrogen-bond acceptors (Lipinski definition) is 3. The van der Waals surface area contributed by atoms with Crippen molar-refractivity contribution in [1.29, 1.82) is 0 Å². The predicted octanol–water partition coefficient (Wildman–Crippen LogP) is -0.308. The van der Waals surface area contributed by atoms with E-state index in [4.69, 9.17) is 11.5 Å². The Bertz CT molecular complexity index is 239. The molecule has 0 aromatic heterocycles. The van der Waals surface area contributed by atoms with Crippen molar-refractivity contribution in [3.05, 3.63) is 0 Å². The van der Waals surface area contributed by atoms with Gasteiger partial charge in [-0.2, -0.15) is 0 Å². The Morgan fingerprint density at radius 1 is 1.20 bits per heavy atom. The van der Waals surface area contributed by atoms with Crippen LogP contribution in [-0.2, 0) is 9.59 Å². The first-order valence-corrected chi connectivity index (χ1v) is 5.11. The van der Waals surface area contributed by atoms with E-state index in [9.17, 15) is 9.59 Å². The van der Waals surface area contributed by atoms with E-state index < -0.39 is 11.9 Å². The molecule has 0 aliphatic carbocycles. The van der Waals surface area contributed by atoms with Crippen molar-refractivity contribution in [2.45, 2.75) is 39.8 Å². The molecule has 0 bridgehead atoms. The summed E-state index contributed by atoms with van der Waals surface area (Å²) >= 11 is 0. The van der Waals surface area contributed by atoms with E-state index in [-0.39, 0.29) is 24.4 Å². The maximum atomic E-state index is 11.9. The molecule has 1 atom stereocenters. The summed E-state index contributed by atoms with van der Waals surface area (Å²) in [6.45, 7) is 7.31. The summed E-state index contributed by atoms with van der Waals surface area (Å²) in [5.74, 6) is -0.696. The van der Waals surface area contributed by atoms with Crippen LogP contribution in [0, 0.1) is 5.92 Å². The molecule has 0 saturated carbocycles. The van der Waals surface area contributed by atoms with Crippen molar-refractivity contribution in [1.82, 2.24) is 4.90 Å². The van der Waals surface area contributed by atoms with Gasteiger partial charge in [-0.05, 0) is 19.8 Å². The van der Waals surface area contributed by atoms with Crippen molar-refractivity contribution in [3.8, 4) is 0 Å². The highest BCUT2D eigenvalue weighted by atomic mass is 16.2. The third kappa shape index (κ3) is 4.29. The standard InChI is InChI=1S/C10H21N3O2/c1-6(2)9(12)10(15)13(7(3)4)5-8(11)14/h6-7,9H,5,12H2,1-4H3,(H2,11,14)/t9-/m0/s1. The second-order valence-corrected chi connectivity index (χ2v) is 4.30. The Morgan fingerprint density at radius 2 is 1.67 bits per heavy atom. The molecule has 0 rings (SSSR count). The average Bonchev–Trinajstić information content (AvgIpc) is 2.10. The molecule has 88 valence electrons. The van der Waals surface area contributed by atoms with E-state index in [0.29, 0.717) is 0 Å². The van der Waals surface area contributed by atoms with Crippen molar-refractivity contribution in [3.63, 3.8) is 0 Å². The van der Waals surface area contributed by atoms with E-state index in [1.54, 1.807) is 0 Å². The molecule has 0 aliphatic rings. The number of carbonyl (C=O) groups is 2. The van der Waals surface area contributed by atoms with E-state index >= 15 is 0 Å². The molecule has 0 saturated heterocycles. The molecule has 0 aromatic carbocycles. The van der Waals surface area contributed by atoms with Crippen LogP contribution in [0.4, 0.5) is 0 Å². The highest BCUT2D eigenvalue weighted by molar-refractivity contribution is 5.87. The predicted molar refractivity (Wildman–Crippen MR) is 58.9 cm³/mol. The third-order valence-corrected chi connectivity index (χ3v) is 2.24. The highest BCUT2D eigenvalue weighted by Gasteiger charge is 2.26. The number of nitrogens with two attached hydrogens (primary N) is 2. The van der Waals surface area contributed by atoms with E-state index in [2.05, 4.69) is 0 Å². The van der Waals surface area contributed by atoms with E-state index in [1.807, 2.05) is 27.7 Å². The zero-order chi connectivity index (χ0) is 12.2. The summed E-state index contributed by atoms with van der Waals surface area (Å²) in [6.07, 6.45) is 0. The fraction of sp³-hybridized carbons (Fsp3) is 0.800. The fourth-order valence-electron chi connectivity index (χ4n) is 1.16. The van der Waals surface area contributed by atoms with Crippen LogP contribution in [0.5, 0.6) is 0 Å². The van der Waals surface area contributed by atoms with Gasteiger partial charge >= 0.3 is 0 Å². The second-order valence-electron chi connectivity index (χ2n) is 4.30. The lowest BCUT2D eigenvalue weighted by Crippen LogP contribution is -2.51. The second kappa shape index (κ2) is 5.70. The van der Waals surface area contributed by atoms with Crippen molar-refractivity contribution < 1.29 is 9.59 Å². The lowest BCUT2D eigenvalue weighted by atomic mass is 10.0. The average molecular weight is 215 g/mol. The minimum Gasteiger partial charge on any atom is -0.368 e. The Morgan fingerprint density at radius 3 is 1.93 bits per heavy atom. The monoisotopic (exact) mass is 215 g/mol. The number of amides is 2. The molecule has 15 heavy (non-hydrogen) atoms. The lowest BCUT2D eigenvalue weighted by molar-refractivity contribution is -0.138. The Balaban J connectivity index is 4.62. The van der Waals surface area contributed by atoms with Gasteiger partial charge in [-0.3, -0.25) is 9.59 Å². The maximum Gasteiger partial charge on any atom is 0.240 e. The summed E-state index contributed by atoms with van der Waals surface area (Å²) in [4.78, 5) is 24.1. The largest absolute Gasteiger partial charge is 0.368 e. The summed E-state index contributed by atoms with van der Waals surface area (Å²) in [7, 11) is 0. The smallest absolute Gasteiger partial charge is 0.240 e. The Hall–Kier alpha value is -1.10. The van der Waals surface area contributed by atoms with Gasteiger partial charge in [-0.1, -0.05) is 13.8 Å². The molecule has 0 heterocycles. The number of rotatable bonds is 5. The summed E-state index contributed by atoms with van der Waals surface area (Å²) < 4.78 is 0. The fourth-order valence-corrected chi connectivity index (χ4v) is 1.16. The number of primary amides is 1. The molecule has 0 fully saturated rings. The molecule has 0 aliphatic heterocycles. The van der Waals surface area contributed by atoms with Crippen LogP contribution in [0.1, 0.15) is 27.7 Å². The van der Waals surface area contributed by atoms with Gasteiger partial charge in [0.1, 0.15) is 0 Å². The zero-order valence-electron chi connectivity index (χ0n) is 9.86. The molecule has 0 aromatic rings. The van der Waals surface area contributed by atoms with Gasteiger partial charge < -0.3 is 16.4 Å². The SMILES string of the molecule is CC(C)[C@H](N)C(=O)N(CC(N)=O)C(C)C. The topological polar surface area (TPSA) is 89.4 Å². The van der Waals surface area contributed by atoms with Crippen LogP contribution in [0.15, 0.2) is 0 Å². The molecular formula is C10H21N3O2. The molecule has 5 nitrogen and oxygen atoms in total. The Kier molecular flexibility index (Phi) is 5.28. The van der Waals surface area contributed by atoms with Gasteiger partial charge in [-0.25, -0.2) is 0 Å². The van der Waals surface area contributed by atoms with Crippen LogP contribution < -0.4 is 11.5 Å². The summed E-state index contributed by atoms with van der Waals surface area (Å²) in [5, 5.41) is 0.